The van der Waals surface area contributed by atoms with Crippen molar-refractivity contribution in [2.45, 2.75) is 20.4 Å². The zero-order valence-electron chi connectivity index (χ0n) is 14.5. The van der Waals surface area contributed by atoms with E-state index >= 15 is 0 Å². The number of nitrogens with two attached hydrogens (primary N) is 1. The fraction of sp³-hybridized carbons (Fsp3) is 0.471. The van der Waals surface area contributed by atoms with Crippen LogP contribution in [0.5, 0.6) is 0 Å². The van der Waals surface area contributed by atoms with Gasteiger partial charge in [0.2, 0.25) is 11.9 Å². The topological polar surface area (TPSA) is 85.6 Å². The molecule has 0 spiro atoms. The molecule has 128 valence electrons. The van der Waals surface area contributed by atoms with Crippen molar-refractivity contribution in [2.75, 3.05) is 43.8 Å². The van der Waals surface area contributed by atoms with Crippen molar-refractivity contribution in [3.05, 3.63) is 35.7 Å². The van der Waals surface area contributed by atoms with Crippen molar-refractivity contribution in [1.82, 2.24) is 15.0 Å². The predicted octanol–water partition coefficient (Wildman–Crippen LogP) is -1.19. The van der Waals surface area contributed by atoms with Crippen molar-refractivity contribution in [1.29, 1.82) is 0 Å². The minimum absolute atomic E-state index is 0.272. The number of quaternary nitrogens is 2. The fourth-order valence-electron chi connectivity index (χ4n) is 3.12. The average molecular weight is 329 g/mol. The van der Waals surface area contributed by atoms with E-state index in [1.807, 2.05) is 31.2 Å². The number of hydrogen-bond acceptors (Lipinski definition) is 5. The van der Waals surface area contributed by atoms with Crippen LogP contribution in [0.25, 0.3) is 0 Å². The van der Waals surface area contributed by atoms with Gasteiger partial charge >= 0.3 is 0 Å². The zero-order chi connectivity index (χ0) is 16.9. The monoisotopic (exact) mass is 329 g/mol. The molecule has 5 N–H and O–H groups in total. The van der Waals surface area contributed by atoms with E-state index in [0.29, 0.717) is 5.95 Å². The van der Waals surface area contributed by atoms with Gasteiger partial charge in [0.05, 0.1) is 6.54 Å². The van der Waals surface area contributed by atoms with Crippen LogP contribution in [0.2, 0.25) is 0 Å². The van der Waals surface area contributed by atoms with Crippen LogP contribution in [0, 0.1) is 6.92 Å². The lowest BCUT2D eigenvalue weighted by molar-refractivity contribution is -1.02. The maximum Gasteiger partial charge on any atom is 0.232 e. The first-order valence-corrected chi connectivity index (χ1v) is 8.64. The van der Waals surface area contributed by atoms with Crippen molar-refractivity contribution in [3.8, 4) is 0 Å². The molecule has 24 heavy (non-hydrogen) atoms. The highest BCUT2D eigenvalue weighted by Gasteiger charge is 2.23. The Hall–Kier alpha value is -2.25. The number of hydrogen-bond donors (Lipinski definition) is 4. The number of aromatic nitrogens is 3. The molecule has 0 radical (unpaired) electrons. The van der Waals surface area contributed by atoms with Crippen LogP contribution < -0.4 is 20.9 Å². The summed E-state index contributed by atoms with van der Waals surface area (Å²) in [5, 5.41) is 3.25. The van der Waals surface area contributed by atoms with Crippen molar-refractivity contribution < 1.29 is 9.80 Å². The smallest absolute Gasteiger partial charge is 0.232 e. The Morgan fingerprint density at radius 2 is 1.75 bits per heavy atom. The third kappa shape index (κ3) is 4.18. The molecule has 0 bridgehead atoms. The van der Waals surface area contributed by atoms with Gasteiger partial charge in [-0.15, -0.1) is 0 Å². The number of anilines is 3. The van der Waals surface area contributed by atoms with Crippen LogP contribution in [0.3, 0.4) is 0 Å². The Bertz CT molecular complexity index is 680. The predicted molar refractivity (Wildman–Crippen MR) is 94.3 cm³/mol. The summed E-state index contributed by atoms with van der Waals surface area (Å²) in [5.74, 6) is 1.55. The first-order chi connectivity index (χ1) is 11.6. The third-order valence-electron chi connectivity index (χ3n) is 4.66. The Labute approximate surface area is 142 Å². The van der Waals surface area contributed by atoms with E-state index < -0.39 is 0 Å². The number of nitrogens with zero attached hydrogens (tertiary/aromatic N) is 3. The molecule has 1 aromatic carbocycles. The normalized spacial score (nSPS) is 20.8. The van der Waals surface area contributed by atoms with Gasteiger partial charge in [-0.2, -0.15) is 15.0 Å². The average Bonchev–Trinajstić information content (AvgIpc) is 2.57. The van der Waals surface area contributed by atoms with E-state index in [1.165, 1.54) is 24.5 Å². The highest BCUT2D eigenvalue weighted by Crippen LogP contribution is 2.17. The SMILES string of the molecule is CC[NH+]1CC[NH+](Cc2nc(N)nc(Nc3ccccc3C)n2)CC1. The number of rotatable bonds is 5. The van der Waals surface area contributed by atoms with Crippen LogP contribution in [-0.2, 0) is 6.54 Å². The van der Waals surface area contributed by atoms with Crippen LogP contribution in [-0.4, -0.2) is 47.7 Å². The van der Waals surface area contributed by atoms with Gasteiger partial charge in [-0.3, -0.25) is 0 Å². The molecule has 7 nitrogen and oxygen atoms in total. The van der Waals surface area contributed by atoms with E-state index in [2.05, 4.69) is 27.2 Å². The molecule has 2 heterocycles. The summed E-state index contributed by atoms with van der Waals surface area (Å²) in [4.78, 5) is 16.3. The van der Waals surface area contributed by atoms with E-state index in [4.69, 9.17) is 5.73 Å². The summed E-state index contributed by atoms with van der Waals surface area (Å²) in [6.07, 6.45) is 0. The molecule has 7 heteroatoms. The maximum absolute atomic E-state index is 5.88. The van der Waals surface area contributed by atoms with E-state index in [0.717, 1.165) is 36.7 Å². The number of benzene rings is 1. The first-order valence-electron chi connectivity index (χ1n) is 8.64. The fourth-order valence-corrected chi connectivity index (χ4v) is 3.12. The molecular formula is C17H27N7+2. The summed E-state index contributed by atoms with van der Waals surface area (Å²) in [5.41, 5.74) is 8.01. The molecule has 3 rings (SSSR count). The molecule has 1 aliphatic heterocycles. The lowest BCUT2D eigenvalue weighted by Gasteiger charge is -2.28. The van der Waals surface area contributed by atoms with Crippen molar-refractivity contribution >= 4 is 17.6 Å². The number of piperazine rings is 1. The van der Waals surface area contributed by atoms with E-state index in [1.54, 1.807) is 4.90 Å². The Morgan fingerprint density at radius 1 is 1.04 bits per heavy atom. The lowest BCUT2D eigenvalue weighted by atomic mass is 10.2. The second-order valence-electron chi connectivity index (χ2n) is 6.40. The number of likely N-dealkylation sites (N-methyl/N-ethyl adjacent to an activating group) is 1. The largest absolute Gasteiger partial charge is 0.368 e. The van der Waals surface area contributed by atoms with Gasteiger partial charge in [0.1, 0.15) is 32.7 Å². The van der Waals surface area contributed by atoms with Gasteiger partial charge in [0, 0.05) is 5.69 Å². The van der Waals surface area contributed by atoms with E-state index in [9.17, 15) is 0 Å². The number of aryl methyl sites for hydroxylation is 1. The van der Waals surface area contributed by atoms with Crippen LogP contribution in [0.1, 0.15) is 18.3 Å². The summed E-state index contributed by atoms with van der Waals surface area (Å²) in [7, 11) is 0. The third-order valence-corrected chi connectivity index (χ3v) is 4.66. The molecule has 2 aromatic rings. The minimum atomic E-state index is 0.272. The maximum atomic E-state index is 5.88. The van der Waals surface area contributed by atoms with Gasteiger partial charge in [0.15, 0.2) is 5.82 Å². The Kier molecular flexibility index (Phi) is 5.22. The molecule has 0 unspecified atom stereocenters. The molecule has 1 saturated heterocycles. The summed E-state index contributed by atoms with van der Waals surface area (Å²) in [6.45, 7) is 11.0. The second-order valence-corrected chi connectivity index (χ2v) is 6.40. The summed E-state index contributed by atoms with van der Waals surface area (Å²) in [6, 6.07) is 8.05. The molecule has 1 fully saturated rings. The van der Waals surface area contributed by atoms with Gasteiger partial charge in [-0.25, -0.2) is 0 Å². The van der Waals surface area contributed by atoms with Crippen LogP contribution in [0.4, 0.5) is 17.6 Å². The highest BCUT2D eigenvalue weighted by molar-refractivity contribution is 5.58. The zero-order valence-corrected chi connectivity index (χ0v) is 14.5. The quantitative estimate of drug-likeness (QED) is 0.554. The molecule has 0 atom stereocenters. The van der Waals surface area contributed by atoms with Crippen molar-refractivity contribution in [3.63, 3.8) is 0 Å². The number of para-hydroxylation sites is 1. The number of nitrogens with one attached hydrogen (secondary N) is 3. The molecule has 1 aromatic heterocycles. The molecule has 0 aliphatic carbocycles. The summed E-state index contributed by atoms with van der Waals surface area (Å²) >= 11 is 0. The van der Waals surface area contributed by atoms with Gasteiger partial charge in [-0.1, -0.05) is 18.2 Å². The van der Waals surface area contributed by atoms with Crippen molar-refractivity contribution in [2.24, 2.45) is 0 Å². The minimum Gasteiger partial charge on any atom is -0.368 e. The number of nitrogen functional groups attached to an aromatic ring is 1. The molecule has 1 aliphatic rings. The van der Waals surface area contributed by atoms with Gasteiger partial charge in [-0.05, 0) is 25.5 Å². The van der Waals surface area contributed by atoms with Gasteiger partial charge < -0.3 is 20.9 Å². The molecule has 0 saturated carbocycles. The Balaban J connectivity index is 1.69. The van der Waals surface area contributed by atoms with Crippen LogP contribution in [0.15, 0.2) is 24.3 Å². The first kappa shape index (κ1) is 16.6. The Morgan fingerprint density at radius 3 is 2.46 bits per heavy atom. The standard InChI is InChI=1S/C17H25N7/c1-3-23-8-10-24(11-9-23)12-15-20-16(18)22-17(21-15)19-14-7-5-4-6-13(14)2/h4-7H,3,8-12H2,1-2H3,(H3,18,19,20,21,22)/p+2. The highest BCUT2D eigenvalue weighted by atomic mass is 15.3. The summed E-state index contributed by atoms with van der Waals surface area (Å²) < 4.78 is 0. The lowest BCUT2D eigenvalue weighted by Crippen LogP contribution is -3.27. The van der Waals surface area contributed by atoms with E-state index in [-0.39, 0.29) is 5.95 Å². The molecule has 0 amide bonds. The van der Waals surface area contributed by atoms with Gasteiger partial charge in [0.25, 0.3) is 0 Å². The van der Waals surface area contributed by atoms with Crippen LogP contribution >= 0.6 is 0 Å². The molecular weight excluding hydrogens is 302 g/mol. The second kappa shape index (κ2) is 7.55.